The summed E-state index contributed by atoms with van der Waals surface area (Å²) in [5.74, 6) is -0.574. The number of anilines is 1. The number of halogens is 4. The Balaban J connectivity index is 1.66. The van der Waals surface area contributed by atoms with Gasteiger partial charge in [0.1, 0.15) is 5.69 Å². The van der Waals surface area contributed by atoms with E-state index in [1.54, 1.807) is 12.3 Å². The van der Waals surface area contributed by atoms with E-state index in [4.69, 9.17) is 11.6 Å². The number of carbonyl (C=O) groups is 1. The van der Waals surface area contributed by atoms with Gasteiger partial charge >= 0.3 is 6.18 Å². The molecule has 3 rings (SSSR count). The summed E-state index contributed by atoms with van der Waals surface area (Å²) in [6.45, 7) is 0. The van der Waals surface area contributed by atoms with Crippen molar-refractivity contribution >= 4 is 34.0 Å². The van der Waals surface area contributed by atoms with E-state index in [0.717, 1.165) is 28.8 Å². The summed E-state index contributed by atoms with van der Waals surface area (Å²) in [5, 5.41) is 3.54. The lowest BCUT2D eigenvalue weighted by atomic mass is 10.1. The Labute approximate surface area is 155 Å². The number of thiazole rings is 1. The number of hydrogen-bond acceptors (Lipinski definition) is 4. The molecule has 0 aliphatic heterocycles. The normalized spacial score (nSPS) is 11.4. The summed E-state index contributed by atoms with van der Waals surface area (Å²) >= 11 is 7.22. The van der Waals surface area contributed by atoms with Crippen molar-refractivity contribution in [2.75, 3.05) is 5.32 Å². The van der Waals surface area contributed by atoms with Crippen LogP contribution in [-0.2, 0) is 12.6 Å². The fourth-order valence-electron chi connectivity index (χ4n) is 2.16. The molecule has 0 atom stereocenters. The zero-order valence-electron chi connectivity index (χ0n) is 13.0. The molecule has 4 nitrogen and oxygen atoms in total. The Morgan fingerprint density at radius 1 is 1.15 bits per heavy atom. The van der Waals surface area contributed by atoms with Gasteiger partial charge in [-0.05, 0) is 29.8 Å². The van der Waals surface area contributed by atoms with Gasteiger partial charge in [0.25, 0.3) is 5.91 Å². The van der Waals surface area contributed by atoms with E-state index < -0.39 is 17.8 Å². The van der Waals surface area contributed by atoms with Crippen LogP contribution in [0.2, 0.25) is 5.02 Å². The minimum absolute atomic E-state index is 0.0181. The van der Waals surface area contributed by atoms with E-state index in [1.807, 2.05) is 18.2 Å². The predicted octanol–water partition coefficient (Wildman–Crippen LogP) is 5.05. The number of carbonyl (C=O) groups excluding carboxylic acids is 1. The van der Waals surface area contributed by atoms with Crippen molar-refractivity contribution in [1.82, 2.24) is 9.97 Å². The highest BCUT2D eigenvalue weighted by atomic mass is 35.5. The highest BCUT2D eigenvalue weighted by molar-refractivity contribution is 7.15. The molecular weight excluding hydrogens is 387 g/mol. The van der Waals surface area contributed by atoms with Crippen LogP contribution in [0.25, 0.3) is 0 Å². The fraction of sp³-hybridized carbons (Fsp3) is 0.118. The first-order valence-electron chi connectivity index (χ1n) is 7.35. The van der Waals surface area contributed by atoms with Crippen molar-refractivity contribution in [2.24, 2.45) is 0 Å². The predicted molar refractivity (Wildman–Crippen MR) is 93.6 cm³/mol. The summed E-state index contributed by atoms with van der Waals surface area (Å²) in [6.07, 6.45) is -1.42. The second-order valence-electron chi connectivity index (χ2n) is 5.32. The highest BCUT2D eigenvalue weighted by Gasteiger charge is 2.32. The first kappa shape index (κ1) is 18.3. The highest BCUT2D eigenvalue weighted by Crippen LogP contribution is 2.27. The molecule has 0 aliphatic rings. The standard InChI is InChI=1S/C17H11ClF3N3OS/c18-12-3-1-2-10(6-12)7-13-9-23-16(26-13)24-15(25)11-4-5-14(22-8-11)17(19,20)21/h1-6,8-9H,7H2,(H,23,24,25). The molecule has 134 valence electrons. The summed E-state index contributed by atoms with van der Waals surface area (Å²) in [4.78, 5) is 20.4. The molecule has 0 radical (unpaired) electrons. The number of nitrogens with zero attached hydrogens (tertiary/aromatic N) is 2. The Hall–Kier alpha value is -2.45. The number of rotatable bonds is 4. The van der Waals surface area contributed by atoms with E-state index in [1.165, 1.54) is 11.3 Å². The second-order valence-corrected chi connectivity index (χ2v) is 6.87. The van der Waals surface area contributed by atoms with Crippen molar-refractivity contribution < 1.29 is 18.0 Å². The van der Waals surface area contributed by atoms with Crippen molar-refractivity contribution in [3.63, 3.8) is 0 Å². The third-order valence-corrected chi connectivity index (χ3v) is 4.51. The summed E-state index contributed by atoms with van der Waals surface area (Å²) in [7, 11) is 0. The minimum atomic E-state index is -4.54. The maximum Gasteiger partial charge on any atom is 0.433 e. The van der Waals surface area contributed by atoms with Gasteiger partial charge in [0.05, 0.1) is 5.56 Å². The van der Waals surface area contributed by atoms with Crippen LogP contribution in [0.1, 0.15) is 26.5 Å². The van der Waals surface area contributed by atoms with Gasteiger partial charge in [-0.15, -0.1) is 11.3 Å². The molecule has 3 aromatic rings. The molecule has 26 heavy (non-hydrogen) atoms. The second kappa shape index (κ2) is 7.43. The van der Waals surface area contributed by atoms with Crippen LogP contribution < -0.4 is 5.32 Å². The first-order chi connectivity index (χ1) is 12.3. The van der Waals surface area contributed by atoms with Crippen molar-refractivity contribution in [3.8, 4) is 0 Å². The molecule has 1 N–H and O–H groups in total. The summed E-state index contributed by atoms with van der Waals surface area (Å²) in [5.41, 5.74) is -0.0253. The molecule has 0 unspecified atom stereocenters. The van der Waals surface area contributed by atoms with Gasteiger partial charge in [0, 0.05) is 28.7 Å². The SMILES string of the molecule is O=C(Nc1ncc(Cc2cccc(Cl)c2)s1)c1ccc(C(F)(F)F)nc1. The average molecular weight is 398 g/mol. The van der Waals surface area contributed by atoms with E-state index in [0.29, 0.717) is 16.6 Å². The lowest BCUT2D eigenvalue weighted by Gasteiger charge is -2.06. The third-order valence-electron chi connectivity index (χ3n) is 3.36. The molecule has 0 spiro atoms. The largest absolute Gasteiger partial charge is 0.433 e. The molecule has 0 aliphatic carbocycles. The number of nitrogens with one attached hydrogen (secondary N) is 1. The zero-order chi connectivity index (χ0) is 18.7. The first-order valence-corrected chi connectivity index (χ1v) is 8.54. The van der Waals surface area contributed by atoms with Gasteiger partial charge in [-0.3, -0.25) is 15.1 Å². The monoisotopic (exact) mass is 397 g/mol. The van der Waals surface area contributed by atoms with Crippen LogP contribution in [-0.4, -0.2) is 15.9 Å². The molecule has 1 aromatic carbocycles. The molecule has 1 amide bonds. The van der Waals surface area contributed by atoms with Gasteiger partial charge in [0.2, 0.25) is 0 Å². The Morgan fingerprint density at radius 2 is 1.96 bits per heavy atom. The Morgan fingerprint density at radius 3 is 2.62 bits per heavy atom. The quantitative estimate of drug-likeness (QED) is 0.670. The van der Waals surface area contributed by atoms with Gasteiger partial charge in [-0.25, -0.2) is 4.98 Å². The number of hydrogen-bond donors (Lipinski definition) is 1. The van der Waals surface area contributed by atoms with Gasteiger partial charge in [-0.2, -0.15) is 13.2 Å². The zero-order valence-corrected chi connectivity index (χ0v) is 14.6. The summed E-state index contributed by atoms with van der Waals surface area (Å²) in [6, 6.07) is 9.23. The van der Waals surface area contributed by atoms with E-state index in [9.17, 15) is 18.0 Å². The molecule has 0 bridgehead atoms. The van der Waals surface area contributed by atoms with Gasteiger partial charge in [0.15, 0.2) is 5.13 Å². The molecule has 0 saturated carbocycles. The molecule has 2 aromatic heterocycles. The van der Waals surface area contributed by atoms with E-state index >= 15 is 0 Å². The molecule has 2 heterocycles. The Bertz CT molecular complexity index is 926. The Kier molecular flexibility index (Phi) is 5.24. The number of amides is 1. The number of benzene rings is 1. The molecule has 0 fully saturated rings. The van der Waals surface area contributed by atoms with Gasteiger partial charge in [-0.1, -0.05) is 23.7 Å². The lowest BCUT2D eigenvalue weighted by molar-refractivity contribution is -0.141. The maximum atomic E-state index is 12.5. The van der Waals surface area contributed by atoms with Crippen LogP contribution in [0, 0.1) is 0 Å². The van der Waals surface area contributed by atoms with Crippen molar-refractivity contribution in [3.05, 3.63) is 75.5 Å². The number of aromatic nitrogens is 2. The van der Waals surface area contributed by atoms with Gasteiger partial charge < -0.3 is 0 Å². The number of alkyl halides is 3. The fourth-order valence-corrected chi connectivity index (χ4v) is 3.21. The van der Waals surface area contributed by atoms with Crippen molar-refractivity contribution in [1.29, 1.82) is 0 Å². The van der Waals surface area contributed by atoms with Crippen LogP contribution in [0.4, 0.5) is 18.3 Å². The minimum Gasteiger partial charge on any atom is -0.298 e. The maximum absolute atomic E-state index is 12.5. The molecular formula is C17H11ClF3N3OS. The smallest absolute Gasteiger partial charge is 0.298 e. The van der Waals surface area contributed by atoms with Crippen molar-refractivity contribution in [2.45, 2.75) is 12.6 Å². The molecule has 9 heteroatoms. The third kappa shape index (κ3) is 4.59. The van der Waals surface area contributed by atoms with E-state index in [-0.39, 0.29) is 5.56 Å². The summed E-state index contributed by atoms with van der Waals surface area (Å²) < 4.78 is 37.5. The van der Waals surface area contributed by atoms with Crippen LogP contribution in [0.15, 0.2) is 48.8 Å². The van der Waals surface area contributed by atoms with Crippen LogP contribution in [0.5, 0.6) is 0 Å². The lowest BCUT2D eigenvalue weighted by Crippen LogP contribution is -2.14. The van der Waals surface area contributed by atoms with Crippen LogP contribution >= 0.6 is 22.9 Å². The van der Waals surface area contributed by atoms with Crippen LogP contribution in [0.3, 0.4) is 0 Å². The number of pyridine rings is 1. The van der Waals surface area contributed by atoms with E-state index in [2.05, 4.69) is 15.3 Å². The topological polar surface area (TPSA) is 54.9 Å². The molecule has 0 saturated heterocycles. The average Bonchev–Trinajstić information content (AvgIpc) is 3.01.